The molecule has 2 aromatic heterocycles. The van der Waals surface area contributed by atoms with E-state index in [9.17, 15) is 0 Å². The third-order valence-corrected chi connectivity index (χ3v) is 13.1. The predicted octanol–water partition coefficient (Wildman–Crippen LogP) is 14.5. The van der Waals surface area contributed by atoms with E-state index in [4.69, 9.17) is 9.97 Å². The zero-order chi connectivity index (χ0) is 37.9. The minimum Gasteiger partial charge on any atom is -0.228 e. The van der Waals surface area contributed by atoms with Crippen LogP contribution in [0.25, 0.3) is 87.5 Å². The number of hydrogen-bond acceptors (Lipinski definition) is 3. The first-order valence-electron chi connectivity index (χ1n) is 19.5. The molecule has 0 amide bonds. The summed E-state index contributed by atoms with van der Waals surface area (Å²) in [5.74, 6) is 0.714. The summed E-state index contributed by atoms with van der Waals surface area (Å²) < 4.78 is 2.66. The predicted molar refractivity (Wildman–Crippen MR) is 240 cm³/mol. The third kappa shape index (κ3) is 5.54. The van der Waals surface area contributed by atoms with Crippen molar-refractivity contribution in [2.45, 2.75) is 12.3 Å². The molecule has 0 saturated carbocycles. The lowest BCUT2D eigenvalue weighted by molar-refractivity contribution is 0.714. The first kappa shape index (κ1) is 33.4. The fourth-order valence-corrected chi connectivity index (χ4v) is 10.1. The van der Waals surface area contributed by atoms with Gasteiger partial charge in [0.05, 0.1) is 11.4 Å². The summed E-state index contributed by atoms with van der Waals surface area (Å²) in [7, 11) is 0. The Morgan fingerprint density at radius 2 is 0.947 bits per heavy atom. The van der Waals surface area contributed by atoms with Gasteiger partial charge >= 0.3 is 0 Å². The highest BCUT2D eigenvalue weighted by atomic mass is 32.1. The van der Waals surface area contributed by atoms with Gasteiger partial charge in [0.15, 0.2) is 5.82 Å². The molecule has 0 spiro atoms. The minimum absolute atomic E-state index is 0.290. The second kappa shape index (κ2) is 13.4. The average Bonchev–Trinajstić information content (AvgIpc) is 3.80. The van der Waals surface area contributed by atoms with Crippen LogP contribution >= 0.6 is 11.3 Å². The van der Waals surface area contributed by atoms with Gasteiger partial charge in [-0.15, -0.1) is 11.3 Å². The lowest BCUT2D eigenvalue weighted by Crippen LogP contribution is -2.22. The van der Waals surface area contributed by atoms with Crippen LogP contribution in [0.3, 0.4) is 0 Å². The van der Waals surface area contributed by atoms with Crippen LogP contribution in [0.5, 0.6) is 0 Å². The SMILES string of the molecule is CC1(c2ccccc2)c2ccccc2-c2ccc(-c3cc(-c4ccc(-c5ccc(-c6cccc7c6sc6ccccc67)cc5)cc4)nc(-c4ccccc4)n3)cc21. The molecule has 0 N–H and O–H groups in total. The number of aromatic nitrogens is 2. The molecule has 0 radical (unpaired) electrons. The van der Waals surface area contributed by atoms with Gasteiger partial charge in [-0.1, -0.05) is 182 Å². The molecule has 0 fully saturated rings. The van der Waals surface area contributed by atoms with E-state index < -0.39 is 0 Å². The molecule has 1 unspecified atom stereocenters. The number of hydrogen-bond donors (Lipinski definition) is 0. The zero-order valence-corrected chi connectivity index (χ0v) is 32.2. The average molecular weight is 745 g/mol. The van der Waals surface area contributed by atoms with E-state index in [1.807, 2.05) is 29.5 Å². The fourth-order valence-electron chi connectivity index (χ4n) is 8.84. The normalized spacial score (nSPS) is 14.5. The van der Waals surface area contributed by atoms with E-state index in [-0.39, 0.29) is 5.41 Å². The Bertz CT molecular complexity index is 3110. The number of rotatable bonds is 6. The van der Waals surface area contributed by atoms with Crippen molar-refractivity contribution in [3.63, 3.8) is 0 Å². The second-order valence-corrected chi connectivity index (χ2v) is 16.1. The molecule has 268 valence electrons. The van der Waals surface area contributed by atoms with E-state index in [2.05, 4.69) is 189 Å². The van der Waals surface area contributed by atoms with Gasteiger partial charge in [0.2, 0.25) is 0 Å². The summed E-state index contributed by atoms with van der Waals surface area (Å²) in [6.07, 6.45) is 0. The van der Waals surface area contributed by atoms with Crippen LogP contribution in [0, 0.1) is 0 Å². The molecule has 2 nitrogen and oxygen atoms in total. The standard InChI is InChI=1S/C54H36N2S/c1-54(41-15-6-3-7-16-41)47-21-10-8-17-43(47)44-32-31-40(33-48(44)54)50-34-49(55-53(56-50)39-13-4-2-5-14-39)38-29-25-36(26-30-38)35-23-27-37(28-24-35)42-19-12-20-46-45-18-9-11-22-51(45)57-52(42)46/h2-34H,1H3. The van der Waals surface area contributed by atoms with Crippen molar-refractivity contribution in [1.82, 2.24) is 9.97 Å². The molecule has 8 aromatic carbocycles. The van der Waals surface area contributed by atoms with Crippen LogP contribution in [0.15, 0.2) is 200 Å². The number of thiophene rings is 1. The van der Waals surface area contributed by atoms with Crippen LogP contribution in [0.4, 0.5) is 0 Å². The summed E-state index contributed by atoms with van der Waals surface area (Å²) in [6, 6.07) is 72.1. The maximum absolute atomic E-state index is 5.21. The maximum atomic E-state index is 5.21. The summed E-state index contributed by atoms with van der Waals surface area (Å²) in [6.45, 7) is 2.36. The monoisotopic (exact) mass is 744 g/mol. The van der Waals surface area contributed by atoms with Crippen molar-refractivity contribution in [1.29, 1.82) is 0 Å². The molecular weight excluding hydrogens is 709 g/mol. The Balaban J connectivity index is 0.961. The topological polar surface area (TPSA) is 25.8 Å². The van der Waals surface area contributed by atoms with Gasteiger partial charge in [-0.2, -0.15) is 0 Å². The van der Waals surface area contributed by atoms with Gasteiger partial charge in [0, 0.05) is 42.3 Å². The summed E-state index contributed by atoms with van der Waals surface area (Å²) in [4.78, 5) is 10.4. The van der Waals surface area contributed by atoms with Crippen molar-refractivity contribution in [2.24, 2.45) is 0 Å². The Hall–Kier alpha value is -6.94. The van der Waals surface area contributed by atoms with E-state index in [0.717, 1.165) is 28.1 Å². The first-order valence-corrected chi connectivity index (χ1v) is 20.3. The third-order valence-electron chi connectivity index (χ3n) is 11.8. The molecule has 57 heavy (non-hydrogen) atoms. The zero-order valence-electron chi connectivity index (χ0n) is 31.4. The molecule has 1 aliphatic carbocycles. The molecule has 0 saturated heterocycles. The molecule has 0 bridgehead atoms. The van der Waals surface area contributed by atoms with Crippen LogP contribution in [-0.2, 0) is 5.41 Å². The van der Waals surface area contributed by atoms with Gasteiger partial charge in [-0.05, 0) is 75.2 Å². The largest absolute Gasteiger partial charge is 0.228 e. The van der Waals surface area contributed by atoms with Crippen LogP contribution in [-0.4, -0.2) is 9.97 Å². The quantitative estimate of drug-likeness (QED) is 0.169. The van der Waals surface area contributed by atoms with E-state index >= 15 is 0 Å². The van der Waals surface area contributed by atoms with Crippen molar-refractivity contribution < 1.29 is 0 Å². The molecule has 1 aliphatic rings. The molecule has 11 rings (SSSR count). The molecule has 0 aliphatic heterocycles. The fraction of sp³-hybridized carbons (Fsp3) is 0.0370. The van der Waals surface area contributed by atoms with Crippen molar-refractivity contribution in [3.8, 4) is 67.3 Å². The summed E-state index contributed by atoms with van der Waals surface area (Å²) in [5.41, 5.74) is 16.0. The van der Waals surface area contributed by atoms with Gasteiger partial charge < -0.3 is 0 Å². The molecule has 10 aromatic rings. The number of fused-ring (bicyclic) bond motifs is 6. The van der Waals surface area contributed by atoms with E-state index in [0.29, 0.717) is 5.82 Å². The highest BCUT2D eigenvalue weighted by Gasteiger charge is 2.40. The lowest BCUT2D eigenvalue weighted by Gasteiger charge is -2.28. The van der Waals surface area contributed by atoms with E-state index in [1.165, 1.54) is 70.2 Å². The van der Waals surface area contributed by atoms with Crippen LogP contribution < -0.4 is 0 Å². The highest BCUT2D eigenvalue weighted by Crippen LogP contribution is 2.53. The Morgan fingerprint density at radius 1 is 0.386 bits per heavy atom. The summed E-state index contributed by atoms with van der Waals surface area (Å²) in [5, 5.41) is 2.65. The van der Waals surface area contributed by atoms with Crippen LogP contribution in [0.2, 0.25) is 0 Å². The van der Waals surface area contributed by atoms with Gasteiger partial charge in [0.1, 0.15) is 0 Å². The number of benzene rings is 8. The molecule has 1 atom stereocenters. The van der Waals surface area contributed by atoms with Gasteiger partial charge in [-0.3, -0.25) is 0 Å². The summed E-state index contributed by atoms with van der Waals surface area (Å²) >= 11 is 1.87. The van der Waals surface area contributed by atoms with Crippen molar-refractivity contribution >= 4 is 31.5 Å². The van der Waals surface area contributed by atoms with E-state index in [1.54, 1.807) is 0 Å². The second-order valence-electron chi connectivity index (χ2n) is 15.1. The number of nitrogens with zero attached hydrogens (tertiary/aromatic N) is 2. The molecular formula is C54H36N2S. The molecule has 3 heteroatoms. The van der Waals surface area contributed by atoms with Gasteiger partial charge in [0.25, 0.3) is 0 Å². The van der Waals surface area contributed by atoms with Crippen LogP contribution in [0.1, 0.15) is 23.6 Å². The highest BCUT2D eigenvalue weighted by molar-refractivity contribution is 7.26. The van der Waals surface area contributed by atoms with Gasteiger partial charge in [-0.25, -0.2) is 9.97 Å². The Morgan fingerprint density at radius 3 is 1.72 bits per heavy atom. The van der Waals surface area contributed by atoms with Crippen molar-refractivity contribution in [3.05, 3.63) is 217 Å². The maximum Gasteiger partial charge on any atom is 0.160 e. The lowest BCUT2D eigenvalue weighted by atomic mass is 9.74. The van der Waals surface area contributed by atoms with Crippen molar-refractivity contribution in [2.75, 3.05) is 0 Å². The minimum atomic E-state index is -0.290. The smallest absolute Gasteiger partial charge is 0.160 e. The Labute approximate surface area is 336 Å². The molecule has 2 heterocycles. The first-order chi connectivity index (χ1) is 28.1. The Kier molecular flexibility index (Phi) is 7.84.